The molecule has 0 aromatic heterocycles. The fraction of sp³-hybridized carbons (Fsp3) is 0.538. The van der Waals surface area contributed by atoms with Crippen LogP contribution in [-0.2, 0) is 0 Å². The highest BCUT2D eigenvalue weighted by Gasteiger charge is 2.12. The van der Waals surface area contributed by atoms with E-state index in [1.165, 1.54) is 11.1 Å². The van der Waals surface area contributed by atoms with Crippen molar-refractivity contribution in [2.75, 3.05) is 6.54 Å². The van der Waals surface area contributed by atoms with E-state index in [1.807, 2.05) is 0 Å². The van der Waals surface area contributed by atoms with Crippen molar-refractivity contribution in [1.29, 1.82) is 0 Å². The van der Waals surface area contributed by atoms with Crippen LogP contribution in [0.25, 0.3) is 0 Å². The molecule has 3 N–H and O–H groups in total. The van der Waals surface area contributed by atoms with Crippen molar-refractivity contribution < 1.29 is 0 Å². The summed E-state index contributed by atoms with van der Waals surface area (Å²) in [6.07, 6.45) is 1.11. The molecule has 90 valence electrons. The monoisotopic (exact) mass is 284 g/mol. The lowest BCUT2D eigenvalue weighted by molar-refractivity contribution is 0.452. The fourth-order valence-electron chi connectivity index (χ4n) is 1.59. The summed E-state index contributed by atoms with van der Waals surface area (Å²) in [5.41, 5.74) is 8.32. The first kappa shape index (κ1) is 13.7. The Kier molecular flexibility index (Phi) is 5.46. The van der Waals surface area contributed by atoms with Crippen molar-refractivity contribution in [3.63, 3.8) is 0 Å². The summed E-state index contributed by atoms with van der Waals surface area (Å²) in [4.78, 5) is 0. The molecule has 0 amide bonds. The molecule has 0 aliphatic heterocycles. The topological polar surface area (TPSA) is 38.0 Å². The molecule has 1 aromatic carbocycles. The number of nitrogens with one attached hydrogen (secondary N) is 1. The number of hydrogen-bond donors (Lipinski definition) is 2. The maximum atomic E-state index is 5.82. The van der Waals surface area contributed by atoms with E-state index in [9.17, 15) is 0 Å². The normalized spacial score (nSPS) is 14.8. The lowest BCUT2D eigenvalue weighted by Crippen LogP contribution is -2.34. The van der Waals surface area contributed by atoms with Crippen molar-refractivity contribution in [1.82, 2.24) is 5.32 Å². The molecule has 16 heavy (non-hydrogen) atoms. The second-order valence-electron chi connectivity index (χ2n) is 4.27. The van der Waals surface area contributed by atoms with Gasteiger partial charge in [0.2, 0.25) is 0 Å². The lowest BCUT2D eigenvalue weighted by Gasteiger charge is -2.22. The fourth-order valence-corrected chi connectivity index (χ4v) is 1.98. The zero-order chi connectivity index (χ0) is 12.1. The van der Waals surface area contributed by atoms with Crippen LogP contribution in [0.4, 0.5) is 0 Å². The highest BCUT2D eigenvalue weighted by Crippen LogP contribution is 2.22. The lowest BCUT2D eigenvalue weighted by atomic mass is 10.0. The van der Waals surface area contributed by atoms with Crippen LogP contribution in [0.5, 0.6) is 0 Å². The highest BCUT2D eigenvalue weighted by atomic mass is 79.9. The molecule has 0 saturated heterocycles. The first-order valence-corrected chi connectivity index (χ1v) is 6.60. The summed E-state index contributed by atoms with van der Waals surface area (Å²) in [5.74, 6) is 0. The van der Waals surface area contributed by atoms with Gasteiger partial charge in [0.15, 0.2) is 0 Å². The maximum absolute atomic E-state index is 5.82. The number of nitrogens with two attached hydrogens (primary N) is 1. The zero-order valence-electron chi connectivity index (χ0n) is 10.3. The van der Waals surface area contributed by atoms with E-state index in [1.54, 1.807) is 0 Å². The van der Waals surface area contributed by atoms with Gasteiger partial charge in [-0.2, -0.15) is 0 Å². The van der Waals surface area contributed by atoms with Crippen LogP contribution in [0.15, 0.2) is 22.7 Å². The van der Waals surface area contributed by atoms with E-state index < -0.39 is 0 Å². The van der Waals surface area contributed by atoms with Gasteiger partial charge in [-0.25, -0.2) is 0 Å². The molecule has 2 nitrogen and oxygen atoms in total. The molecule has 0 spiro atoms. The Morgan fingerprint density at radius 3 is 2.62 bits per heavy atom. The molecule has 2 atom stereocenters. The van der Waals surface area contributed by atoms with E-state index in [0.717, 1.165) is 10.9 Å². The SMILES string of the molecule is CCC(C)NC(CN)c1ccc(C)c(Br)c1. The molecule has 0 heterocycles. The first-order valence-electron chi connectivity index (χ1n) is 5.80. The molecule has 0 aliphatic rings. The zero-order valence-corrected chi connectivity index (χ0v) is 11.8. The van der Waals surface area contributed by atoms with E-state index in [4.69, 9.17) is 5.73 Å². The summed E-state index contributed by atoms with van der Waals surface area (Å²) < 4.78 is 1.15. The molecule has 0 bridgehead atoms. The Hall–Kier alpha value is -0.380. The van der Waals surface area contributed by atoms with Crippen molar-refractivity contribution >= 4 is 15.9 Å². The van der Waals surface area contributed by atoms with Crippen molar-refractivity contribution in [2.24, 2.45) is 5.73 Å². The molecular weight excluding hydrogens is 264 g/mol. The number of aryl methyl sites for hydroxylation is 1. The van der Waals surface area contributed by atoms with Gasteiger partial charge in [0, 0.05) is 23.1 Å². The van der Waals surface area contributed by atoms with Gasteiger partial charge >= 0.3 is 0 Å². The maximum Gasteiger partial charge on any atom is 0.0446 e. The third kappa shape index (κ3) is 3.58. The molecule has 2 unspecified atom stereocenters. The van der Waals surface area contributed by atoms with E-state index >= 15 is 0 Å². The minimum absolute atomic E-state index is 0.242. The summed E-state index contributed by atoms with van der Waals surface area (Å²) in [5, 5.41) is 3.53. The second kappa shape index (κ2) is 6.38. The van der Waals surface area contributed by atoms with Crippen molar-refractivity contribution in [3.05, 3.63) is 33.8 Å². The Morgan fingerprint density at radius 2 is 2.12 bits per heavy atom. The van der Waals surface area contributed by atoms with Crippen LogP contribution in [0.1, 0.15) is 37.4 Å². The molecule has 3 heteroatoms. The second-order valence-corrected chi connectivity index (χ2v) is 5.13. The van der Waals surface area contributed by atoms with Crippen LogP contribution >= 0.6 is 15.9 Å². The summed E-state index contributed by atoms with van der Waals surface area (Å²) >= 11 is 3.56. The summed E-state index contributed by atoms with van der Waals surface area (Å²) in [6.45, 7) is 7.08. The Balaban J connectivity index is 2.82. The van der Waals surface area contributed by atoms with Gasteiger partial charge in [-0.15, -0.1) is 0 Å². The average molecular weight is 285 g/mol. The van der Waals surface area contributed by atoms with Gasteiger partial charge in [-0.1, -0.05) is 35.0 Å². The van der Waals surface area contributed by atoms with Gasteiger partial charge in [-0.3, -0.25) is 0 Å². The van der Waals surface area contributed by atoms with Gasteiger partial charge < -0.3 is 11.1 Å². The molecule has 0 aliphatic carbocycles. The Morgan fingerprint density at radius 1 is 1.44 bits per heavy atom. The Bertz CT molecular complexity index is 339. The van der Waals surface area contributed by atoms with Crippen LogP contribution in [0, 0.1) is 6.92 Å². The first-order chi connectivity index (χ1) is 7.58. The van der Waals surface area contributed by atoms with E-state index in [-0.39, 0.29) is 6.04 Å². The third-order valence-corrected chi connectivity index (χ3v) is 3.79. The van der Waals surface area contributed by atoms with Gasteiger partial charge in [0.05, 0.1) is 0 Å². The largest absolute Gasteiger partial charge is 0.329 e. The quantitative estimate of drug-likeness (QED) is 0.872. The third-order valence-electron chi connectivity index (χ3n) is 2.93. The summed E-state index contributed by atoms with van der Waals surface area (Å²) in [7, 11) is 0. The van der Waals surface area contributed by atoms with Crippen LogP contribution < -0.4 is 11.1 Å². The molecule has 0 fully saturated rings. The van der Waals surface area contributed by atoms with Crippen molar-refractivity contribution in [3.8, 4) is 0 Å². The standard InChI is InChI=1S/C13H21BrN2/c1-4-10(3)16-13(8-15)11-6-5-9(2)12(14)7-11/h5-7,10,13,16H,4,8,15H2,1-3H3. The van der Waals surface area contributed by atoms with Crippen LogP contribution in [0.2, 0.25) is 0 Å². The average Bonchev–Trinajstić information content (AvgIpc) is 2.29. The molecular formula is C13H21BrN2. The molecule has 1 aromatic rings. The molecule has 0 radical (unpaired) electrons. The minimum Gasteiger partial charge on any atom is -0.329 e. The number of benzene rings is 1. The minimum atomic E-state index is 0.242. The number of halogens is 1. The van der Waals surface area contributed by atoms with Gasteiger partial charge in [0.25, 0.3) is 0 Å². The summed E-state index contributed by atoms with van der Waals surface area (Å²) in [6, 6.07) is 7.16. The molecule has 1 rings (SSSR count). The van der Waals surface area contributed by atoms with Crippen molar-refractivity contribution in [2.45, 2.75) is 39.3 Å². The van der Waals surface area contributed by atoms with Gasteiger partial charge in [0.1, 0.15) is 0 Å². The van der Waals surface area contributed by atoms with E-state index in [2.05, 4.69) is 60.2 Å². The number of rotatable bonds is 5. The van der Waals surface area contributed by atoms with Crippen LogP contribution in [0.3, 0.4) is 0 Å². The number of hydrogen-bond acceptors (Lipinski definition) is 2. The van der Waals surface area contributed by atoms with Crippen LogP contribution in [-0.4, -0.2) is 12.6 Å². The smallest absolute Gasteiger partial charge is 0.0446 e. The predicted molar refractivity (Wildman–Crippen MR) is 73.6 cm³/mol. The highest BCUT2D eigenvalue weighted by molar-refractivity contribution is 9.10. The van der Waals surface area contributed by atoms with E-state index in [0.29, 0.717) is 12.6 Å². The van der Waals surface area contributed by atoms with Gasteiger partial charge in [-0.05, 0) is 37.5 Å². The Labute approximate surface area is 107 Å². The molecule has 0 saturated carbocycles. The predicted octanol–water partition coefficient (Wildman–Crippen LogP) is 3.15.